The molecule has 0 fully saturated rings. The minimum atomic E-state index is -0.160. The Labute approximate surface area is 175 Å². The molecular formula is C23H24N2O3S. The van der Waals surface area contributed by atoms with Crippen molar-refractivity contribution < 1.29 is 14.3 Å². The van der Waals surface area contributed by atoms with Gasteiger partial charge in [0.1, 0.15) is 11.6 Å². The van der Waals surface area contributed by atoms with Crippen molar-refractivity contribution in [3.8, 4) is 22.1 Å². The number of benzene rings is 2. The molecular weight excluding hydrogens is 384 g/mol. The zero-order valence-electron chi connectivity index (χ0n) is 16.6. The summed E-state index contributed by atoms with van der Waals surface area (Å²) in [4.78, 5) is 17.1. The molecule has 5 nitrogen and oxygen atoms in total. The summed E-state index contributed by atoms with van der Waals surface area (Å²) in [7, 11) is 1.55. The van der Waals surface area contributed by atoms with Crippen molar-refractivity contribution in [2.75, 3.05) is 20.3 Å². The van der Waals surface area contributed by atoms with Gasteiger partial charge in [-0.15, -0.1) is 11.3 Å². The maximum absolute atomic E-state index is 12.4. The van der Waals surface area contributed by atoms with Crippen molar-refractivity contribution in [1.29, 1.82) is 0 Å². The average Bonchev–Trinajstić information content (AvgIpc) is 3.21. The summed E-state index contributed by atoms with van der Waals surface area (Å²) in [5.74, 6) is 0.935. The van der Waals surface area contributed by atoms with E-state index in [1.54, 1.807) is 42.7 Å². The third kappa shape index (κ3) is 5.45. The molecule has 0 aliphatic rings. The molecule has 2 aromatic carbocycles. The van der Waals surface area contributed by atoms with E-state index in [1.807, 2.05) is 5.38 Å². The number of methoxy groups -OCH3 is 1. The lowest BCUT2D eigenvalue weighted by Gasteiger charge is -2.11. The molecule has 3 rings (SSSR count). The van der Waals surface area contributed by atoms with Gasteiger partial charge in [-0.05, 0) is 25.1 Å². The van der Waals surface area contributed by atoms with Crippen LogP contribution in [0.5, 0.6) is 11.5 Å². The molecule has 29 heavy (non-hydrogen) atoms. The number of thiazole rings is 1. The summed E-state index contributed by atoms with van der Waals surface area (Å²) in [6, 6.07) is 13.4. The number of nitrogens with zero attached hydrogens (tertiary/aromatic N) is 1. The number of hydrogen-bond donors (Lipinski definition) is 1. The molecule has 0 saturated heterocycles. The van der Waals surface area contributed by atoms with Gasteiger partial charge in [0.2, 0.25) is 0 Å². The highest BCUT2D eigenvalue weighted by Gasteiger charge is 2.11. The van der Waals surface area contributed by atoms with E-state index in [-0.39, 0.29) is 5.91 Å². The fourth-order valence-corrected chi connectivity index (χ4v) is 3.59. The third-order valence-corrected chi connectivity index (χ3v) is 5.24. The first kappa shape index (κ1) is 20.6. The number of amides is 1. The second-order valence-electron chi connectivity index (χ2n) is 6.48. The first-order valence-corrected chi connectivity index (χ1v) is 10.2. The van der Waals surface area contributed by atoms with Crippen LogP contribution in [0.4, 0.5) is 0 Å². The van der Waals surface area contributed by atoms with Crippen LogP contribution in [-0.4, -0.2) is 31.2 Å². The van der Waals surface area contributed by atoms with Gasteiger partial charge in [0.05, 0.1) is 12.8 Å². The lowest BCUT2D eigenvalue weighted by molar-refractivity contribution is 0.0953. The molecule has 0 bridgehead atoms. The van der Waals surface area contributed by atoms with Crippen LogP contribution in [0.1, 0.15) is 21.6 Å². The number of hydrogen-bond acceptors (Lipinski definition) is 5. The molecule has 1 amide bonds. The van der Waals surface area contributed by atoms with Crippen LogP contribution in [0.25, 0.3) is 10.6 Å². The van der Waals surface area contributed by atoms with E-state index in [0.717, 1.165) is 16.3 Å². The lowest BCUT2D eigenvalue weighted by atomic mass is 10.1. The predicted molar refractivity (Wildman–Crippen MR) is 117 cm³/mol. The molecule has 0 aliphatic heterocycles. The predicted octanol–water partition coefficient (Wildman–Crippen LogP) is 4.66. The zero-order valence-corrected chi connectivity index (χ0v) is 17.4. The van der Waals surface area contributed by atoms with Gasteiger partial charge in [0.25, 0.3) is 5.91 Å². The van der Waals surface area contributed by atoms with E-state index < -0.39 is 0 Å². The first-order chi connectivity index (χ1) is 14.1. The summed E-state index contributed by atoms with van der Waals surface area (Å²) in [5.41, 5.74) is 3.83. The Morgan fingerprint density at radius 3 is 2.72 bits per heavy atom. The molecule has 0 unspecified atom stereocenters. The van der Waals surface area contributed by atoms with Gasteiger partial charge >= 0.3 is 0 Å². The average molecular weight is 409 g/mol. The van der Waals surface area contributed by atoms with Crippen molar-refractivity contribution in [2.24, 2.45) is 0 Å². The standard InChI is InChI=1S/C23H24N2O3S/c1-4-13-28-20-10-9-18(14-21(20)27-3)22(26)24-12-11-19-15-29-23(25-19)17-7-5-16(2)6-8-17/h4-10,14-15H,1,11-13H2,2-3H3,(H,24,26). The van der Waals surface area contributed by atoms with E-state index in [1.165, 1.54) is 5.56 Å². The number of carbonyl (C=O) groups excluding carboxylic acids is 1. The Kier molecular flexibility index (Phi) is 7.03. The highest BCUT2D eigenvalue weighted by molar-refractivity contribution is 7.13. The molecule has 150 valence electrons. The van der Waals surface area contributed by atoms with Crippen molar-refractivity contribution in [1.82, 2.24) is 10.3 Å². The maximum Gasteiger partial charge on any atom is 0.251 e. The smallest absolute Gasteiger partial charge is 0.251 e. The summed E-state index contributed by atoms with van der Waals surface area (Å²) in [6.07, 6.45) is 2.33. The monoisotopic (exact) mass is 408 g/mol. The van der Waals surface area contributed by atoms with Gasteiger partial charge < -0.3 is 14.8 Å². The van der Waals surface area contributed by atoms with E-state index in [0.29, 0.717) is 36.6 Å². The van der Waals surface area contributed by atoms with Crippen LogP contribution in [0.3, 0.4) is 0 Å². The van der Waals surface area contributed by atoms with Crippen LogP contribution in [0.15, 0.2) is 60.5 Å². The second-order valence-corrected chi connectivity index (χ2v) is 7.34. The Hall–Kier alpha value is -3.12. The fraction of sp³-hybridized carbons (Fsp3) is 0.217. The van der Waals surface area contributed by atoms with Crippen LogP contribution in [0, 0.1) is 6.92 Å². The topological polar surface area (TPSA) is 60.5 Å². The molecule has 0 aliphatic carbocycles. The highest BCUT2D eigenvalue weighted by atomic mass is 32.1. The first-order valence-electron chi connectivity index (χ1n) is 9.32. The molecule has 0 atom stereocenters. The Morgan fingerprint density at radius 2 is 2.00 bits per heavy atom. The molecule has 6 heteroatoms. The minimum Gasteiger partial charge on any atom is -0.493 e. The summed E-state index contributed by atoms with van der Waals surface area (Å²) >= 11 is 1.62. The van der Waals surface area contributed by atoms with E-state index in [4.69, 9.17) is 9.47 Å². The summed E-state index contributed by atoms with van der Waals surface area (Å²) < 4.78 is 10.8. The van der Waals surface area contributed by atoms with E-state index in [9.17, 15) is 4.79 Å². The van der Waals surface area contributed by atoms with E-state index in [2.05, 4.69) is 48.1 Å². The van der Waals surface area contributed by atoms with Gasteiger partial charge in [0.15, 0.2) is 11.5 Å². The van der Waals surface area contributed by atoms with Crippen molar-refractivity contribution in [3.63, 3.8) is 0 Å². The summed E-state index contributed by atoms with van der Waals surface area (Å²) in [5, 5.41) is 5.96. The van der Waals surface area contributed by atoms with Crippen LogP contribution in [-0.2, 0) is 6.42 Å². The molecule has 1 aromatic heterocycles. The number of rotatable bonds is 9. The largest absolute Gasteiger partial charge is 0.493 e. The van der Waals surface area contributed by atoms with Gasteiger partial charge in [-0.25, -0.2) is 4.98 Å². The zero-order chi connectivity index (χ0) is 20.6. The second kappa shape index (κ2) is 9.89. The lowest BCUT2D eigenvalue weighted by Crippen LogP contribution is -2.25. The van der Waals surface area contributed by atoms with Gasteiger partial charge in [0, 0.05) is 29.5 Å². The summed E-state index contributed by atoms with van der Waals surface area (Å²) in [6.45, 7) is 6.57. The number of nitrogens with one attached hydrogen (secondary N) is 1. The number of ether oxygens (including phenoxy) is 2. The molecule has 1 heterocycles. The van der Waals surface area contributed by atoms with Crippen LogP contribution < -0.4 is 14.8 Å². The van der Waals surface area contributed by atoms with Crippen LogP contribution in [0.2, 0.25) is 0 Å². The highest BCUT2D eigenvalue weighted by Crippen LogP contribution is 2.28. The number of carbonyl (C=O) groups is 1. The number of aromatic nitrogens is 1. The number of aryl methyl sites for hydroxylation is 1. The SMILES string of the molecule is C=CCOc1ccc(C(=O)NCCc2csc(-c3ccc(C)cc3)n2)cc1OC. The Morgan fingerprint density at radius 1 is 1.21 bits per heavy atom. The van der Waals surface area contributed by atoms with Gasteiger partial charge in [-0.2, -0.15) is 0 Å². The van der Waals surface area contributed by atoms with Gasteiger partial charge in [-0.3, -0.25) is 4.79 Å². The Balaban J connectivity index is 1.56. The van der Waals surface area contributed by atoms with E-state index >= 15 is 0 Å². The third-order valence-electron chi connectivity index (χ3n) is 4.30. The molecule has 0 saturated carbocycles. The fourth-order valence-electron chi connectivity index (χ4n) is 2.73. The molecule has 0 radical (unpaired) electrons. The molecule has 0 spiro atoms. The molecule has 3 aromatic rings. The van der Waals surface area contributed by atoms with Crippen molar-refractivity contribution >= 4 is 17.2 Å². The normalized spacial score (nSPS) is 10.4. The van der Waals surface area contributed by atoms with Gasteiger partial charge in [-0.1, -0.05) is 42.5 Å². The maximum atomic E-state index is 12.4. The minimum absolute atomic E-state index is 0.160. The van der Waals surface area contributed by atoms with Crippen LogP contribution >= 0.6 is 11.3 Å². The Bertz CT molecular complexity index is 980. The van der Waals surface area contributed by atoms with Crippen molar-refractivity contribution in [3.05, 3.63) is 77.3 Å². The molecule has 1 N–H and O–H groups in total. The van der Waals surface area contributed by atoms with Crippen molar-refractivity contribution in [2.45, 2.75) is 13.3 Å². The quantitative estimate of drug-likeness (QED) is 0.523.